The summed E-state index contributed by atoms with van der Waals surface area (Å²) in [7, 11) is 0. The van der Waals surface area contributed by atoms with Crippen molar-refractivity contribution in [2.45, 2.75) is 51.1 Å². The van der Waals surface area contributed by atoms with Gasteiger partial charge in [0.25, 0.3) is 5.89 Å². The molecule has 2 aliphatic rings. The van der Waals surface area contributed by atoms with E-state index >= 15 is 0 Å². The van der Waals surface area contributed by atoms with Crippen molar-refractivity contribution >= 4 is 32.7 Å². The highest BCUT2D eigenvalue weighted by atomic mass is 32.1. The zero-order chi connectivity index (χ0) is 22.4. The molecule has 1 saturated heterocycles. The third-order valence-electron chi connectivity index (χ3n) is 6.30. The van der Waals surface area contributed by atoms with Crippen LogP contribution in [-0.4, -0.2) is 38.6 Å². The van der Waals surface area contributed by atoms with Crippen molar-refractivity contribution in [3.63, 3.8) is 0 Å². The molecule has 8 nitrogen and oxygen atoms in total. The second-order valence-electron chi connectivity index (χ2n) is 8.71. The van der Waals surface area contributed by atoms with Gasteiger partial charge in [-0.3, -0.25) is 4.79 Å². The predicted octanol–water partition coefficient (Wildman–Crippen LogP) is 4.21. The van der Waals surface area contributed by atoms with E-state index < -0.39 is 0 Å². The van der Waals surface area contributed by atoms with Crippen LogP contribution in [0.15, 0.2) is 41.1 Å². The fourth-order valence-electron chi connectivity index (χ4n) is 4.53. The first-order valence-electron chi connectivity index (χ1n) is 11.4. The summed E-state index contributed by atoms with van der Waals surface area (Å²) in [4.78, 5) is 29.1. The van der Waals surface area contributed by atoms with Crippen LogP contribution in [-0.2, 0) is 11.3 Å². The Morgan fingerprint density at radius 1 is 1.21 bits per heavy atom. The minimum Gasteiger partial charge on any atom is -0.350 e. The minimum atomic E-state index is -0.211. The number of anilines is 1. The molecule has 1 aliphatic carbocycles. The number of pyridine rings is 1. The van der Waals surface area contributed by atoms with E-state index in [1.165, 1.54) is 5.56 Å². The molecule has 9 heteroatoms. The highest BCUT2D eigenvalue weighted by Crippen LogP contribution is 2.49. The monoisotopic (exact) mass is 460 g/mol. The first-order valence-corrected chi connectivity index (χ1v) is 12.2. The van der Waals surface area contributed by atoms with Gasteiger partial charge in [-0.1, -0.05) is 46.8 Å². The largest absolute Gasteiger partial charge is 0.350 e. The standard InChI is InChI=1S/C24H24N6O2S/c1-14-27-23(32-29-14)17-13-25-21-20(19(17)16-9-10-16)33-24(28-21)30-11-5-8-18(30)22(31)26-12-15-6-3-2-4-7-15/h2-4,6-7,13,16,18H,5,8-12H2,1H3,(H,26,31)/t18-/m1/s1. The SMILES string of the molecule is Cc1noc(-c2cnc3nc(N4CCC[C@@H]4C(=O)NCc4ccccc4)sc3c2C2CC2)n1. The maximum Gasteiger partial charge on any atom is 0.259 e. The Morgan fingerprint density at radius 2 is 2.06 bits per heavy atom. The van der Waals surface area contributed by atoms with Gasteiger partial charge in [-0.05, 0) is 49.7 Å². The maximum atomic E-state index is 13.0. The zero-order valence-corrected chi connectivity index (χ0v) is 19.1. The van der Waals surface area contributed by atoms with Gasteiger partial charge >= 0.3 is 0 Å². The molecule has 1 saturated carbocycles. The van der Waals surface area contributed by atoms with Crippen molar-refractivity contribution in [3.8, 4) is 11.5 Å². The molecule has 1 aliphatic heterocycles. The van der Waals surface area contributed by atoms with Crippen molar-refractivity contribution in [2.24, 2.45) is 0 Å². The molecule has 1 aromatic carbocycles. The van der Waals surface area contributed by atoms with Crippen LogP contribution in [0.4, 0.5) is 5.13 Å². The van der Waals surface area contributed by atoms with Crippen molar-refractivity contribution in [1.82, 2.24) is 25.4 Å². The second-order valence-corrected chi connectivity index (χ2v) is 9.69. The molecule has 2 fully saturated rings. The van der Waals surface area contributed by atoms with E-state index in [-0.39, 0.29) is 11.9 Å². The molecule has 168 valence electrons. The van der Waals surface area contributed by atoms with Crippen LogP contribution in [0, 0.1) is 6.92 Å². The Hall–Kier alpha value is -3.33. The molecule has 0 spiro atoms. The summed E-state index contributed by atoms with van der Waals surface area (Å²) in [6.45, 7) is 3.17. The normalized spacial score (nSPS) is 18.2. The second kappa shape index (κ2) is 8.22. The molecule has 33 heavy (non-hydrogen) atoms. The molecule has 1 atom stereocenters. The number of fused-ring (bicyclic) bond motifs is 1. The number of carbonyl (C=O) groups excluding carboxylic acids is 1. The van der Waals surface area contributed by atoms with Crippen molar-refractivity contribution < 1.29 is 9.32 Å². The molecule has 0 unspecified atom stereocenters. The van der Waals surface area contributed by atoms with Crippen LogP contribution >= 0.6 is 11.3 Å². The Kier molecular flexibility index (Phi) is 5.05. The van der Waals surface area contributed by atoms with E-state index in [0.29, 0.717) is 24.2 Å². The molecule has 4 aromatic rings. The van der Waals surface area contributed by atoms with Crippen LogP contribution in [0.1, 0.15) is 48.6 Å². The number of benzene rings is 1. The lowest BCUT2D eigenvalue weighted by atomic mass is 10.1. The Bertz CT molecular complexity index is 1310. The van der Waals surface area contributed by atoms with Crippen LogP contribution < -0.4 is 10.2 Å². The average molecular weight is 461 g/mol. The van der Waals surface area contributed by atoms with Crippen molar-refractivity contribution in [1.29, 1.82) is 0 Å². The van der Waals surface area contributed by atoms with Crippen LogP contribution in [0.5, 0.6) is 0 Å². The highest BCUT2D eigenvalue weighted by molar-refractivity contribution is 7.22. The number of nitrogens with one attached hydrogen (secondary N) is 1. The number of nitrogens with zero attached hydrogens (tertiary/aromatic N) is 5. The molecule has 1 amide bonds. The predicted molar refractivity (Wildman–Crippen MR) is 126 cm³/mol. The van der Waals surface area contributed by atoms with E-state index in [9.17, 15) is 4.79 Å². The topological polar surface area (TPSA) is 97.0 Å². The Labute approximate surface area is 195 Å². The highest BCUT2D eigenvalue weighted by Gasteiger charge is 2.35. The van der Waals surface area contributed by atoms with E-state index in [0.717, 1.165) is 58.8 Å². The zero-order valence-electron chi connectivity index (χ0n) is 18.3. The van der Waals surface area contributed by atoms with Gasteiger partial charge in [0.2, 0.25) is 5.91 Å². The lowest BCUT2D eigenvalue weighted by molar-refractivity contribution is -0.122. The lowest BCUT2D eigenvalue weighted by Crippen LogP contribution is -2.43. The van der Waals surface area contributed by atoms with Gasteiger partial charge < -0.3 is 14.7 Å². The number of aryl methyl sites for hydroxylation is 1. The summed E-state index contributed by atoms with van der Waals surface area (Å²) in [5, 5.41) is 7.91. The molecule has 1 N–H and O–H groups in total. The first kappa shape index (κ1) is 20.3. The van der Waals surface area contributed by atoms with Crippen LogP contribution in [0.25, 0.3) is 21.8 Å². The lowest BCUT2D eigenvalue weighted by Gasteiger charge is -2.23. The summed E-state index contributed by atoms with van der Waals surface area (Å²) in [6, 6.07) is 9.78. The van der Waals surface area contributed by atoms with Gasteiger partial charge in [0, 0.05) is 19.3 Å². The molecular formula is C24H24N6O2S. The summed E-state index contributed by atoms with van der Waals surface area (Å²) in [5.41, 5.74) is 3.93. The fraction of sp³-hybridized carbons (Fsp3) is 0.375. The third kappa shape index (κ3) is 3.86. The summed E-state index contributed by atoms with van der Waals surface area (Å²) >= 11 is 1.62. The van der Waals surface area contributed by atoms with Crippen LogP contribution in [0.2, 0.25) is 0 Å². The number of amides is 1. The Morgan fingerprint density at radius 3 is 2.82 bits per heavy atom. The quantitative estimate of drug-likeness (QED) is 0.460. The first-order chi connectivity index (χ1) is 16.2. The molecule has 4 heterocycles. The number of hydrogen-bond acceptors (Lipinski definition) is 8. The number of hydrogen-bond donors (Lipinski definition) is 1. The van der Waals surface area contributed by atoms with Crippen LogP contribution in [0.3, 0.4) is 0 Å². The van der Waals surface area contributed by atoms with Gasteiger partial charge in [-0.2, -0.15) is 9.97 Å². The molecule has 6 rings (SSSR count). The van der Waals surface area contributed by atoms with E-state index in [1.54, 1.807) is 17.5 Å². The molecular weight excluding hydrogens is 436 g/mol. The number of carbonyl (C=O) groups is 1. The average Bonchev–Trinajstić information content (AvgIpc) is 3.21. The van der Waals surface area contributed by atoms with Gasteiger partial charge in [0.05, 0.1) is 10.3 Å². The molecule has 0 radical (unpaired) electrons. The third-order valence-corrected chi connectivity index (χ3v) is 7.42. The maximum absolute atomic E-state index is 13.0. The number of rotatable bonds is 6. The summed E-state index contributed by atoms with van der Waals surface area (Å²) < 4.78 is 6.52. The number of aromatic nitrogens is 4. The summed E-state index contributed by atoms with van der Waals surface area (Å²) in [5.74, 6) is 1.64. The minimum absolute atomic E-state index is 0.0491. The van der Waals surface area contributed by atoms with Gasteiger partial charge in [0.1, 0.15) is 6.04 Å². The van der Waals surface area contributed by atoms with E-state index in [1.807, 2.05) is 37.3 Å². The van der Waals surface area contributed by atoms with E-state index in [4.69, 9.17) is 9.51 Å². The van der Waals surface area contributed by atoms with E-state index in [2.05, 4.69) is 25.3 Å². The Balaban J connectivity index is 1.30. The number of thiazole rings is 1. The van der Waals surface area contributed by atoms with Crippen molar-refractivity contribution in [2.75, 3.05) is 11.4 Å². The summed E-state index contributed by atoms with van der Waals surface area (Å²) in [6.07, 6.45) is 5.88. The smallest absolute Gasteiger partial charge is 0.259 e. The fourth-order valence-corrected chi connectivity index (χ4v) is 5.76. The van der Waals surface area contributed by atoms with Crippen molar-refractivity contribution in [3.05, 3.63) is 53.5 Å². The van der Waals surface area contributed by atoms with Gasteiger partial charge in [-0.15, -0.1) is 0 Å². The molecule has 3 aromatic heterocycles. The molecule has 0 bridgehead atoms. The van der Waals surface area contributed by atoms with Gasteiger partial charge in [0.15, 0.2) is 16.6 Å². The van der Waals surface area contributed by atoms with Gasteiger partial charge in [-0.25, -0.2) is 4.98 Å².